The summed E-state index contributed by atoms with van der Waals surface area (Å²) in [6.45, 7) is 2.00. The number of carboxylic acid groups (broad SMARTS) is 1. The topological polar surface area (TPSA) is 79.3 Å². The van der Waals surface area contributed by atoms with E-state index >= 15 is 0 Å². The third-order valence-corrected chi connectivity index (χ3v) is 4.53. The number of pyridine rings is 1. The van der Waals surface area contributed by atoms with Gasteiger partial charge >= 0.3 is 5.97 Å². The van der Waals surface area contributed by atoms with Crippen molar-refractivity contribution in [3.8, 4) is 0 Å². The molecule has 1 aliphatic rings. The SMILES string of the molecule is Cc1cc(C(=O)NCC2(C(=O)O)CC2)c2cc(Br)ccc2n1. The molecule has 1 aliphatic carbocycles. The maximum absolute atomic E-state index is 12.5. The monoisotopic (exact) mass is 362 g/mol. The molecule has 2 aromatic rings. The second-order valence-electron chi connectivity index (χ2n) is 5.74. The van der Waals surface area contributed by atoms with Gasteiger partial charge in [0, 0.05) is 22.1 Å². The largest absolute Gasteiger partial charge is 0.481 e. The Kier molecular flexibility index (Phi) is 3.64. The first-order chi connectivity index (χ1) is 10.4. The lowest BCUT2D eigenvalue weighted by molar-refractivity contribution is -0.143. The Labute approximate surface area is 135 Å². The van der Waals surface area contributed by atoms with E-state index in [0.29, 0.717) is 18.4 Å². The summed E-state index contributed by atoms with van der Waals surface area (Å²) in [6.07, 6.45) is 1.23. The van der Waals surface area contributed by atoms with Gasteiger partial charge in [0.1, 0.15) is 0 Å². The zero-order valence-corrected chi connectivity index (χ0v) is 13.6. The molecule has 1 amide bonds. The molecule has 1 saturated carbocycles. The van der Waals surface area contributed by atoms with Crippen LogP contribution in [0.4, 0.5) is 0 Å². The highest BCUT2D eigenvalue weighted by Crippen LogP contribution is 2.45. The van der Waals surface area contributed by atoms with Crippen LogP contribution in [0.2, 0.25) is 0 Å². The van der Waals surface area contributed by atoms with Crippen LogP contribution in [0.5, 0.6) is 0 Å². The van der Waals surface area contributed by atoms with Gasteiger partial charge in [0.2, 0.25) is 0 Å². The fraction of sp³-hybridized carbons (Fsp3) is 0.312. The molecule has 0 aliphatic heterocycles. The van der Waals surface area contributed by atoms with Crippen molar-refractivity contribution < 1.29 is 14.7 Å². The predicted molar refractivity (Wildman–Crippen MR) is 85.8 cm³/mol. The second-order valence-corrected chi connectivity index (χ2v) is 6.66. The molecule has 0 spiro atoms. The summed E-state index contributed by atoms with van der Waals surface area (Å²) in [7, 11) is 0. The van der Waals surface area contributed by atoms with Gasteiger partial charge in [0.15, 0.2) is 0 Å². The van der Waals surface area contributed by atoms with Gasteiger partial charge in [0.25, 0.3) is 5.91 Å². The highest BCUT2D eigenvalue weighted by Gasteiger charge is 2.50. The lowest BCUT2D eigenvalue weighted by Crippen LogP contribution is -2.34. The number of fused-ring (bicyclic) bond motifs is 1. The van der Waals surface area contributed by atoms with Crippen molar-refractivity contribution in [3.05, 3.63) is 40.0 Å². The van der Waals surface area contributed by atoms with Crippen LogP contribution in [-0.4, -0.2) is 28.5 Å². The van der Waals surface area contributed by atoms with Crippen LogP contribution in [0.3, 0.4) is 0 Å². The number of carboxylic acids is 1. The van der Waals surface area contributed by atoms with Crippen molar-refractivity contribution in [1.29, 1.82) is 0 Å². The number of aryl methyl sites for hydroxylation is 1. The number of hydrogen-bond acceptors (Lipinski definition) is 3. The molecule has 0 bridgehead atoms. The van der Waals surface area contributed by atoms with Crippen LogP contribution in [0.25, 0.3) is 10.9 Å². The molecule has 3 rings (SSSR count). The molecule has 5 nitrogen and oxygen atoms in total. The van der Waals surface area contributed by atoms with Crippen molar-refractivity contribution in [1.82, 2.24) is 10.3 Å². The number of hydrogen-bond donors (Lipinski definition) is 2. The average molecular weight is 363 g/mol. The van der Waals surface area contributed by atoms with E-state index in [9.17, 15) is 14.7 Å². The lowest BCUT2D eigenvalue weighted by Gasteiger charge is -2.13. The molecule has 1 heterocycles. The molecule has 0 saturated heterocycles. The third kappa shape index (κ3) is 2.70. The van der Waals surface area contributed by atoms with Crippen LogP contribution < -0.4 is 5.32 Å². The molecular weight excluding hydrogens is 348 g/mol. The number of halogens is 1. The first-order valence-corrected chi connectivity index (χ1v) is 7.79. The molecule has 2 N–H and O–H groups in total. The van der Waals surface area contributed by atoms with E-state index in [0.717, 1.165) is 21.1 Å². The highest BCUT2D eigenvalue weighted by molar-refractivity contribution is 9.10. The van der Waals surface area contributed by atoms with Crippen LogP contribution >= 0.6 is 15.9 Å². The number of amides is 1. The number of benzene rings is 1. The first kappa shape index (κ1) is 15.0. The molecule has 6 heteroatoms. The summed E-state index contributed by atoms with van der Waals surface area (Å²) in [5.41, 5.74) is 1.24. The van der Waals surface area contributed by atoms with E-state index < -0.39 is 11.4 Å². The summed E-state index contributed by atoms with van der Waals surface area (Å²) < 4.78 is 0.865. The number of nitrogens with one attached hydrogen (secondary N) is 1. The standard InChI is InChI=1S/C16H15BrN2O3/c1-9-6-12(11-7-10(17)2-3-13(11)19-9)14(20)18-8-16(4-5-16)15(21)22/h2-3,6-7H,4-5,8H2,1H3,(H,18,20)(H,21,22). The molecule has 22 heavy (non-hydrogen) atoms. The predicted octanol–water partition coefficient (Wildman–Crippen LogP) is 2.90. The number of aromatic nitrogens is 1. The van der Waals surface area contributed by atoms with Gasteiger partial charge in [-0.25, -0.2) is 0 Å². The summed E-state index contributed by atoms with van der Waals surface area (Å²) in [4.78, 5) is 28.1. The van der Waals surface area contributed by atoms with E-state index in [4.69, 9.17) is 0 Å². The first-order valence-electron chi connectivity index (χ1n) is 7.00. The van der Waals surface area contributed by atoms with Crippen LogP contribution in [0, 0.1) is 12.3 Å². The third-order valence-electron chi connectivity index (χ3n) is 4.04. The average Bonchev–Trinajstić information content (AvgIpc) is 3.25. The Morgan fingerprint density at radius 2 is 2.09 bits per heavy atom. The van der Waals surface area contributed by atoms with Crippen molar-refractivity contribution in [2.24, 2.45) is 5.41 Å². The van der Waals surface area contributed by atoms with E-state index in [-0.39, 0.29) is 12.5 Å². The number of carbonyl (C=O) groups is 2. The molecule has 0 atom stereocenters. The molecule has 0 radical (unpaired) electrons. The Balaban J connectivity index is 1.90. The van der Waals surface area contributed by atoms with Gasteiger partial charge in [-0.05, 0) is 44.0 Å². The minimum atomic E-state index is -0.841. The molecular formula is C16H15BrN2O3. The minimum absolute atomic E-state index is 0.165. The van der Waals surface area contributed by atoms with Crippen LogP contribution in [0.1, 0.15) is 28.9 Å². The molecule has 1 aromatic heterocycles. The van der Waals surface area contributed by atoms with Crippen molar-refractivity contribution in [2.75, 3.05) is 6.54 Å². The Hall–Kier alpha value is -1.95. The highest BCUT2D eigenvalue weighted by atomic mass is 79.9. The van der Waals surface area contributed by atoms with E-state index in [1.54, 1.807) is 6.07 Å². The van der Waals surface area contributed by atoms with Crippen molar-refractivity contribution >= 4 is 38.7 Å². The number of nitrogens with zero attached hydrogens (tertiary/aromatic N) is 1. The maximum atomic E-state index is 12.5. The second kappa shape index (κ2) is 5.35. The quantitative estimate of drug-likeness (QED) is 0.876. The molecule has 114 valence electrons. The van der Waals surface area contributed by atoms with Crippen LogP contribution in [0.15, 0.2) is 28.7 Å². The zero-order chi connectivity index (χ0) is 15.9. The Morgan fingerprint density at radius 3 is 2.73 bits per heavy atom. The number of carbonyl (C=O) groups excluding carboxylic acids is 1. The number of rotatable bonds is 4. The lowest BCUT2D eigenvalue weighted by atomic mass is 10.1. The molecule has 1 fully saturated rings. The summed E-state index contributed by atoms with van der Waals surface area (Å²) >= 11 is 3.40. The van der Waals surface area contributed by atoms with E-state index in [1.807, 2.05) is 25.1 Å². The summed E-state index contributed by atoms with van der Waals surface area (Å²) in [6, 6.07) is 7.30. The van der Waals surface area contributed by atoms with Gasteiger partial charge in [-0.15, -0.1) is 0 Å². The fourth-order valence-corrected chi connectivity index (χ4v) is 2.84. The Bertz CT molecular complexity index is 784. The number of aliphatic carboxylic acids is 1. The summed E-state index contributed by atoms with van der Waals surface area (Å²) in [5, 5.41) is 12.7. The van der Waals surface area contributed by atoms with E-state index in [2.05, 4.69) is 26.2 Å². The van der Waals surface area contributed by atoms with Gasteiger partial charge < -0.3 is 10.4 Å². The van der Waals surface area contributed by atoms with Crippen molar-refractivity contribution in [2.45, 2.75) is 19.8 Å². The van der Waals surface area contributed by atoms with E-state index in [1.165, 1.54) is 0 Å². The maximum Gasteiger partial charge on any atom is 0.311 e. The normalized spacial score (nSPS) is 15.5. The Morgan fingerprint density at radius 1 is 1.36 bits per heavy atom. The minimum Gasteiger partial charge on any atom is -0.481 e. The van der Waals surface area contributed by atoms with Crippen molar-refractivity contribution in [3.63, 3.8) is 0 Å². The van der Waals surface area contributed by atoms with Gasteiger partial charge in [-0.2, -0.15) is 0 Å². The smallest absolute Gasteiger partial charge is 0.311 e. The van der Waals surface area contributed by atoms with Gasteiger partial charge in [0.05, 0.1) is 16.5 Å². The van der Waals surface area contributed by atoms with Gasteiger partial charge in [-0.3, -0.25) is 14.6 Å². The molecule has 0 unspecified atom stereocenters. The fourth-order valence-electron chi connectivity index (χ4n) is 2.48. The zero-order valence-electron chi connectivity index (χ0n) is 12.0. The van der Waals surface area contributed by atoms with Gasteiger partial charge in [-0.1, -0.05) is 15.9 Å². The van der Waals surface area contributed by atoms with Crippen LogP contribution in [-0.2, 0) is 4.79 Å². The summed E-state index contributed by atoms with van der Waals surface area (Å²) in [5.74, 6) is -1.10. The molecule has 1 aromatic carbocycles.